The molecule has 4 aromatic rings. The molecular weight excluding hydrogens is 485 g/mol. The molecule has 5 rings (SSSR count). The molecule has 186 valence electrons. The van der Waals surface area contributed by atoms with Crippen LogP contribution >= 0.6 is 0 Å². The predicted molar refractivity (Wildman–Crippen MR) is 133 cm³/mol. The van der Waals surface area contributed by atoms with Crippen LogP contribution in [0.2, 0.25) is 0 Å². The van der Waals surface area contributed by atoms with Crippen molar-refractivity contribution in [3.63, 3.8) is 0 Å². The van der Waals surface area contributed by atoms with Gasteiger partial charge in [-0.25, -0.2) is 4.99 Å². The van der Waals surface area contributed by atoms with Crippen LogP contribution in [0.5, 0.6) is 0 Å². The molecular formula is C27H19F3N4O3. The van der Waals surface area contributed by atoms with Gasteiger partial charge in [0, 0.05) is 40.8 Å². The number of aromatic nitrogens is 2. The fourth-order valence-electron chi connectivity index (χ4n) is 4.27. The number of carbonyl (C=O) groups is 2. The minimum absolute atomic E-state index is 0.219. The van der Waals surface area contributed by atoms with E-state index in [0.29, 0.717) is 27.4 Å². The molecule has 0 fully saturated rings. The molecule has 2 aromatic heterocycles. The van der Waals surface area contributed by atoms with Gasteiger partial charge in [0.25, 0.3) is 11.5 Å². The summed E-state index contributed by atoms with van der Waals surface area (Å²) in [5.41, 5.74) is 0.123. The molecule has 1 N–H and O–H groups in total. The predicted octanol–water partition coefficient (Wildman–Crippen LogP) is 4.60. The van der Waals surface area contributed by atoms with E-state index in [2.05, 4.69) is 15.3 Å². The summed E-state index contributed by atoms with van der Waals surface area (Å²) in [7, 11) is 0. The summed E-state index contributed by atoms with van der Waals surface area (Å²) in [5.74, 6) is -0.711. The number of benzene rings is 2. The van der Waals surface area contributed by atoms with Gasteiger partial charge in [-0.2, -0.15) is 13.2 Å². The number of halogens is 3. The van der Waals surface area contributed by atoms with Gasteiger partial charge in [-0.05, 0) is 61.5 Å². The van der Waals surface area contributed by atoms with Crippen molar-refractivity contribution >= 4 is 39.2 Å². The highest BCUT2D eigenvalue weighted by atomic mass is 19.4. The molecule has 7 nitrogen and oxygen atoms in total. The lowest BCUT2D eigenvalue weighted by atomic mass is 10.0. The van der Waals surface area contributed by atoms with Crippen molar-refractivity contribution < 1.29 is 22.8 Å². The minimum atomic E-state index is -4.51. The average Bonchev–Trinajstić information content (AvgIpc) is 2.88. The number of carbonyl (C=O) groups excluding carboxylic acids is 2. The second-order valence-corrected chi connectivity index (χ2v) is 8.57. The average molecular weight is 504 g/mol. The van der Waals surface area contributed by atoms with E-state index in [4.69, 9.17) is 0 Å². The van der Waals surface area contributed by atoms with Gasteiger partial charge in [0.15, 0.2) is 0 Å². The van der Waals surface area contributed by atoms with Crippen LogP contribution in [0.3, 0.4) is 0 Å². The second-order valence-electron chi connectivity index (χ2n) is 8.57. The van der Waals surface area contributed by atoms with Crippen molar-refractivity contribution in [2.45, 2.75) is 25.6 Å². The molecule has 2 aromatic carbocycles. The minimum Gasteiger partial charge on any atom is -0.344 e. The number of hydrogen-bond acceptors (Lipinski definition) is 4. The first kappa shape index (κ1) is 24.1. The maximum Gasteiger partial charge on any atom is 0.416 e. The fourth-order valence-corrected chi connectivity index (χ4v) is 4.27. The number of hydrogen-bond donors (Lipinski definition) is 1. The lowest BCUT2D eigenvalue weighted by Crippen LogP contribution is -2.38. The van der Waals surface area contributed by atoms with Crippen molar-refractivity contribution in [3.05, 3.63) is 94.6 Å². The Balaban J connectivity index is 1.61. The lowest BCUT2D eigenvalue weighted by Gasteiger charge is -2.17. The normalized spacial score (nSPS) is 14.6. The van der Waals surface area contributed by atoms with E-state index in [9.17, 15) is 27.6 Å². The smallest absolute Gasteiger partial charge is 0.344 e. The molecule has 0 unspecified atom stereocenters. The Kier molecular flexibility index (Phi) is 5.94. The van der Waals surface area contributed by atoms with Crippen LogP contribution < -0.4 is 10.9 Å². The van der Waals surface area contributed by atoms with Crippen molar-refractivity contribution in [2.24, 2.45) is 4.99 Å². The lowest BCUT2D eigenvalue weighted by molar-refractivity contribution is -0.137. The summed E-state index contributed by atoms with van der Waals surface area (Å²) in [5, 5.41) is 4.13. The molecule has 0 saturated carbocycles. The number of dihydropyridines is 1. The largest absolute Gasteiger partial charge is 0.416 e. The fraction of sp³-hybridized carbons (Fsp3) is 0.148. The van der Waals surface area contributed by atoms with Crippen LogP contribution in [0, 0.1) is 0 Å². The van der Waals surface area contributed by atoms with Crippen LogP contribution in [-0.2, 0) is 11.0 Å². The molecule has 0 saturated heterocycles. The monoisotopic (exact) mass is 504 g/mol. The van der Waals surface area contributed by atoms with Crippen molar-refractivity contribution in [1.29, 1.82) is 0 Å². The molecule has 10 heteroatoms. The highest BCUT2D eigenvalue weighted by Gasteiger charge is 2.30. The Labute approximate surface area is 208 Å². The van der Waals surface area contributed by atoms with Gasteiger partial charge in [-0.1, -0.05) is 6.08 Å². The zero-order chi connectivity index (χ0) is 26.3. The third-order valence-electron chi connectivity index (χ3n) is 6.12. The van der Waals surface area contributed by atoms with E-state index in [0.717, 1.165) is 12.1 Å². The summed E-state index contributed by atoms with van der Waals surface area (Å²) in [6.07, 6.45) is 2.04. The van der Waals surface area contributed by atoms with E-state index >= 15 is 0 Å². The van der Waals surface area contributed by atoms with E-state index in [1.807, 2.05) is 0 Å². The van der Waals surface area contributed by atoms with Crippen molar-refractivity contribution in [3.8, 4) is 5.69 Å². The SMILES string of the molecule is C[C@H](NC(=O)c1ccc2c(c1)c1cnccc1c(=O)n2-c1ccc(C(F)(F)F)cc1)C1=NC(=O)CC=C1. The standard InChI is InChI=1S/C27H19F3N4O3/c1-15(22-3-2-4-24(35)33-22)32-25(36)16-5-10-23-20(13-16)21-14-31-12-11-19(21)26(37)34(23)18-8-6-17(7-9-18)27(28,29)30/h2-3,5-15H,4H2,1H3,(H,32,36)/t15-/m0/s1. The molecule has 1 aliphatic heterocycles. The van der Waals surface area contributed by atoms with Gasteiger partial charge < -0.3 is 5.32 Å². The molecule has 0 aliphatic carbocycles. The van der Waals surface area contributed by atoms with Gasteiger partial charge >= 0.3 is 6.18 Å². The second kappa shape index (κ2) is 9.12. The summed E-state index contributed by atoms with van der Waals surface area (Å²) in [4.78, 5) is 46.1. The van der Waals surface area contributed by atoms with Gasteiger partial charge in [0.2, 0.25) is 5.91 Å². The molecule has 37 heavy (non-hydrogen) atoms. The van der Waals surface area contributed by atoms with E-state index in [-0.39, 0.29) is 23.6 Å². The van der Waals surface area contributed by atoms with Crippen LogP contribution in [0.15, 0.2) is 82.9 Å². The highest BCUT2D eigenvalue weighted by molar-refractivity contribution is 6.11. The number of aliphatic imine (C=N–C) groups is 1. The molecule has 0 radical (unpaired) electrons. The maximum absolute atomic E-state index is 13.4. The van der Waals surface area contributed by atoms with Gasteiger partial charge in [-0.3, -0.25) is 23.9 Å². The Morgan fingerprint density at radius 3 is 2.49 bits per heavy atom. The molecule has 3 heterocycles. The topological polar surface area (TPSA) is 93.4 Å². The maximum atomic E-state index is 13.4. The first-order chi connectivity index (χ1) is 17.6. The summed E-state index contributed by atoms with van der Waals surface area (Å²) in [6.45, 7) is 1.71. The zero-order valence-corrected chi connectivity index (χ0v) is 19.4. The van der Waals surface area contributed by atoms with Crippen LogP contribution in [-0.4, -0.2) is 33.1 Å². The van der Waals surface area contributed by atoms with E-state index in [1.165, 1.54) is 41.2 Å². The molecule has 0 spiro atoms. The summed E-state index contributed by atoms with van der Waals surface area (Å²) in [6, 6.07) is 10.0. The molecule has 2 amide bonds. The van der Waals surface area contributed by atoms with E-state index in [1.54, 1.807) is 31.2 Å². The van der Waals surface area contributed by atoms with Crippen LogP contribution in [0.4, 0.5) is 13.2 Å². The third-order valence-corrected chi connectivity index (χ3v) is 6.12. The summed E-state index contributed by atoms with van der Waals surface area (Å²) >= 11 is 0. The Morgan fingerprint density at radius 1 is 1.03 bits per heavy atom. The van der Waals surface area contributed by atoms with Gasteiger partial charge in [0.1, 0.15) is 0 Å². The molecule has 1 atom stereocenters. The Hall–Kier alpha value is -4.60. The van der Waals surface area contributed by atoms with Crippen molar-refractivity contribution in [1.82, 2.24) is 14.9 Å². The van der Waals surface area contributed by atoms with Gasteiger partial charge in [0.05, 0.1) is 28.2 Å². The number of nitrogens with one attached hydrogen (secondary N) is 1. The number of rotatable bonds is 4. The Morgan fingerprint density at radius 2 is 1.78 bits per heavy atom. The van der Waals surface area contributed by atoms with Crippen molar-refractivity contribution in [2.75, 3.05) is 0 Å². The van der Waals surface area contributed by atoms with Crippen LogP contribution in [0.1, 0.15) is 29.3 Å². The third kappa shape index (κ3) is 4.53. The van der Waals surface area contributed by atoms with E-state index < -0.39 is 29.2 Å². The zero-order valence-electron chi connectivity index (χ0n) is 19.4. The first-order valence-electron chi connectivity index (χ1n) is 11.3. The Bertz CT molecular complexity index is 1690. The number of amides is 2. The van der Waals surface area contributed by atoms with Gasteiger partial charge in [-0.15, -0.1) is 0 Å². The first-order valence-corrected chi connectivity index (χ1v) is 11.3. The van der Waals surface area contributed by atoms with Crippen LogP contribution in [0.25, 0.3) is 27.4 Å². The highest BCUT2D eigenvalue weighted by Crippen LogP contribution is 2.31. The number of alkyl halides is 3. The molecule has 1 aliphatic rings. The molecule has 0 bridgehead atoms. The summed E-state index contributed by atoms with van der Waals surface area (Å²) < 4.78 is 40.5. The number of fused-ring (bicyclic) bond motifs is 3. The number of nitrogens with zero attached hydrogens (tertiary/aromatic N) is 3. The number of pyridine rings is 2. The quantitative estimate of drug-likeness (QED) is 0.411.